The van der Waals surface area contributed by atoms with Crippen LogP contribution in [-0.4, -0.2) is 22.3 Å². The highest BCUT2D eigenvalue weighted by Crippen LogP contribution is 1.98. The van der Waals surface area contributed by atoms with Gasteiger partial charge >= 0.3 is 0 Å². The molecule has 0 atom stereocenters. The molecule has 0 radical (unpaired) electrons. The first-order chi connectivity index (χ1) is 5.88. The Hall–Kier alpha value is -1.84. The topological polar surface area (TPSA) is 65.2 Å². The Balaban J connectivity index is 2.97. The summed E-state index contributed by atoms with van der Waals surface area (Å²) in [5, 5.41) is 22.4. The number of hydrogen-bond donors (Lipinski definition) is 2. The Morgan fingerprint density at radius 3 is 2.33 bits per heavy atom. The zero-order chi connectivity index (χ0) is 8.81. The van der Waals surface area contributed by atoms with Gasteiger partial charge in [0.1, 0.15) is 5.71 Å². The van der Waals surface area contributed by atoms with E-state index in [1.54, 1.807) is 24.3 Å². The van der Waals surface area contributed by atoms with Gasteiger partial charge in [-0.3, -0.25) is 0 Å². The van der Waals surface area contributed by atoms with Gasteiger partial charge in [0.15, 0.2) is 0 Å². The molecule has 62 valence electrons. The molecule has 0 aliphatic rings. The third kappa shape index (κ3) is 1.82. The predicted molar refractivity (Wildman–Crippen MR) is 45.0 cm³/mol. The van der Waals surface area contributed by atoms with Gasteiger partial charge in [0.2, 0.25) is 0 Å². The molecule has 0 aliphatic carbocycles. The first-order valence-electron chi connectivity index (χ1n) is 3.33. The second-order valence-corrected chi connectivity index (χ2v) is 2.10. The molecule has 0 aromatic heterocycles. The lowest BCUT2D eigenvalue weighted by Crippen LogP contribution is -2.01. The van der Waals surface area contributed by atoms with Crippen molar-refractivity contribution < 1.29 is 10.4 Å². The SMILES string of the molecule is ON=C(/C=N/O)c1ccccc1. The average molecular weight is 164 g/mol. The van der Waals surface area contributed by atoms with Gasteiger partial charge in [0, 0.05) is 5.56 Å². The van der Waals surface area contributed by atoms with Crippen molar-refractivity contribution in [2.75, 3.05) is 0 Å². The number of hydrogen-bond acceptors (Lipinski definition) is 4. The predicted octanol–water partition coefficient (Wildman–Crippen LogP) is 1.32. The standard InChI is InChI=1S/C8H8N2O2/c11-9-6-8(10-12)7-4-2-1-3-5-7/h1-6,11-12H/b9-6+,10-8?. The van der Waals surface area contributed by atoms with Crippen molar-refractivity contribution in [2.24, 2.45) is 10.3 Å². The summed E-state index contributed by atoms with van der Waals surface area (Å²) < 4.78 is 0. The van der Waals surface area contributed by atoms with Gasteiger partial charge in [-0.1, -0.05) is 40.6 Å². The van der Waals surface area contributed by atoms with E-state index in [0.29, 0.717) is 5.56 Å². The largest absolute Gasteiger partial charge is 0.411 e. The molecule has 2 N–H and O–H groups in total. The molecule has 1 aromatic rings. The van der Waals surface area contributed by atoms with Crippen LogP contribution in [0.5, 0.6) is 0 Å². The number of nitrogens with zero attached hydrogens (tertiary/aromatic N) is 2. The minimum atomic E-state index is 0.220. The lowest BCUT2D eigenvalue weighted by atomic mass is 10.1. The normalized spacial score (nSPS) is 12.2. The number of rotatable bonds is 2. The molecular weight excluding hydrogens is 156 g/mol. The summed E-state index contributed by atoms with van der Waals surface area (Å²) in [7, 11) is 0. The molecule has 1 aromatic carbocycles. The fourth-order valence-electron chi connectivity index (χ4n) is 0.822. The average Bonchev–Trinajstić information content (AvgIpc) is 2.15. The first-order valence-corrected chi connectivity index (χ1v) is 3.33. The third-order valence-electron chi connectivity index (χ3n) is 1.36. The molecule has 12 heavy (non-hydrogen) atoms. The Morgan fingerprint density at radius 1 is 1.17 bits per heavy atom. The second-order valence-electron chi connectivity index (χ2n) is 2.10. The van der Waals surface area contributed by atoms with E-state index in [1.807, 2.05) is 6.07 Å². The van der Waals surface area contributed by atoms with Crippen LogP contribution in [0.2, 0.25) is 0 Å². The summed E-state index contributed by atoms with van der Waals surface area (Å²) in [4.78, 5) is 0. The molecule has 0 spiro atoms. The van der Waals surface area contributed by atoms with E-state index < -0.39 is 0 Å². The molecule has 4 heteroatoms. The third-order valence-corrected chi connectivity index (χ3v) is 1.36. The summed E-state index contributed by atoms with van der Waals surface area (Å²) in [6.07, 6.45) is 1.06. The highest BCUT2D eigenvalue weighted by Gasteiger charge is 1.98. The zero-order valence-electron chi connectivity index (χ0n) is 6.25. The summed E-state index contributed by atoms with van der Waals surface area (Å²) >= 11 is 0. The van der Waals surface area contributed by atoms with Crippen LogP contribution >= 0.6 is 0 Å². The quantitative estimate of drug-likeness (QED) is 0.393. The maximum Gasteiger partial charge on any atom is 0.131 e. The molecule has 0 saturated carbocycles. The lowest BCUT2D eigenvalue weighted by Gasteiger charge is -1.95. The highest BCUT2D eigenvalue weighted by molar-refractivity contribution is 6.37. The van der Waals surface area contributed by atoms with E-state index in [-0.39, 0.29) is 5.71 Å². The van der Waals surface area contributed by atoms with Gasteiger partial charge in [-0.25, -0.2) is 0 Å². The van der Waals surface area contributed by atoms with E-state index in [2.05, 4.69) is 10.3 Å². The fraction of sp³-hybridized carbons (Fsp3) is 0. The van der Waals surface area contributed by atoms with Gasteiger partial charge in [-0.15, -0.1) is 0 Å². The summed E-state index contributed by atoms with van der Waals surface area (Å²) in [6, 6.07) is 8.93. The Kier molecular flexibility index (Phi) is 2.84. The van der Waals surface area contributed by atoms with Crippen LogP contribution in [0, 0.1) is 0 Å². The molecule has 0 fully saturated rings. The van der Waals surface area contributed by atoms with E-state index in [1.165, 1.54) is 0 Å². The van der Waals surface area contributed by atoms with E-state index in [4.69, 9.17) is 10.4 Å². The molecule has 0 saturated heterocycles. The van der Waals surface area contributed by atoms with Crippen molar-refractivity contribution in [1.82, 2.24) is 0 Å². The monoisotopic (exact) mass is 164 g/mol. The van der Waals surface area contributed by atoms with E-state index >= 15 is 0 Å². The maximum atomic E-state index is 8.50. The Labute approximate surface area is 69.4 Å². The fourth-order valence-corrected chi connectivity index (χ4v) is 0.822. The Bertz CT molecular complexity index is 293. The van der Waals surface area contributed by atoms with Crippen LogP contribution in [0.4, 0.5) is 0 Å². The molecule has 4 nitrogen and oxygen atoms in total. The summed E-state index contributed by atoms with van der Waals surface area (Å²) in [5.74, 6) is 0. The van der Waals surface area contributed by atoms with Crippen LogP contribution in [0.15, 0.2) is 40.6 Å². The number of oxime groups is 2. The molecular formula is C8H8N2O2. The maximum absolute atomic E-state index is 8.50. The van der Waals surface area contributed by atoms with Gasteiger partial charge in [-0.2, -0.15) is 0 Å². The first kappa shape index (κ1) is 8.26. The smallest absolute Gasteiger partial charge is 0.131 e. The van der Waals surface area contributed by atoms with Crippen molar-refractivity contribution in [3.63, 3.8) is 0 Å². The van der Waals surface area contributed by atoms with Crippen LogP contribution < -0.4 is 0 Å². The second kappa shape index (κ2) is 4.12. The van der Waals surface area contributed by atoms with Gasteiger partial charge in [-0.05, 0) is 0 Å². The highest BCUT2D eigenvalue weighted by atomic mass is 16.4. The van der Waals surface area contributed by atoms with Crippen molar-refractivity contribution in [2.45, 2.75) is 0 Å². The minimum Gasteiger partial charge on any atom is -0.411 e. The molecule has 0 amide bonds. The van der Waals surface area contributed by atoms with Crippen molar-refractivity contribution in [3.05, 3.63) is 35.9 Å². The molecule has 0 aliphatic heterocycles. The van der Waals surface area contributed by atoms with Crippen molar-refractivity contribution in [1.29, 1.82) is 0 Å². The molecule has 1 rings (SSSR count). The van der Waals surface area contributed by atoms with Crippen LogP contribution in [-0.2, 0) is 0 Å². The lowest BCUT2D eigenvalue weighted by molar-refractivity contribution is 0.316. The number of benzene rings is 1. The van der Waals surface area contributed by atoms with Crippen LogP contribution in [0.1, 0.15) is 5.56 Å². The van der Waals surface area contributed by atoms with E-state index in [0.717, 1.165) is 6.21 Å². The molecule has 0 heterocycles. The van der Waals surface area contributed by atoms with E-state index in [9.17, 15) is 0 Å². The van der Waals surface area contributed by atoms with Gasteiger partial charge < -0.3 is 10.4 Å². The molecule has 0 bridgehead atoms. The van der Waals surface area contributed by atoms with Crippen LogP contribution in [0.25, 0.3) is 0 Å². The van der Waals surface area contributed by atoms with Crippen LogP contribution in [0.3, 0.4) is 0 Å². The summed E-state index contributed by atoms with van der Waals surface area (Å²) in [6.45, 7) is 0. The Morgan fingerprint density at radius 2 is 1.83 bits per heavy atom. The van der Waals surface area contributed by atoms with Gasteiger partial charge in [0.25, 0.3) is 0 Å². The van der Waals surface area contributed by atoms with Gasteiger partial charge in [0.05, 0.1) is 6.21 Å². The van der Waals surface area contributed by atoms with Crippen molar-refractivity contribution in [3.8, 4) is 0 Å². The minimum absolute atomic E-state index is 0.220. The summed E-state index contributed by atoms with van der Waals surface area (Å²) in [5.41, 5.74) is 0.913. The molecule has 0 unspecified atom stereocenters. The zero-order valence-corrected chi connectivity index (χ0v) is 6.25. The van der Waals surface area contributed by atoms with Crippen molar-refractivity contribution >= 4 is 11.9 Å².